The molecule has 3 N–H and O–H groups in total. The van der Waals surface area contributed by atoms with Crippen LogP contribution in [-0.2, 0) is 0 Å². The number of hydrogen-bond acceptors (Lipinski definition) is 5. The summed E-state index contributed by atoms with van der Waals surface area (Å²) in [5, 5.41) is 3.27. The fraction of sp³-hybridized carbons (Fsp3) is 1.00. The van der Waals surface area contributed by atoms with E-state index in [1.165, 1.54) is 380 Å². The third-order valence-electron chi connectivity index (χ3n) is 16.9. The fourth-order valence-electron chi connectivity index (χ4n) is 11.3. The molecule has 454 valence electrons. The van der Waals surface area contributed by atoms with Crippen LogP contribution in [0.25, 0.3) is 0 Å². The van der Waals surface area contributed by atoms with Crippen LogP contribution in [0.4, 0.5) is 0 Å². The van der Waals surface area contributed by atoms with Crippen molar-refractivity contribution in [2.75, 3.05) is 80.0 Å². The first-order chi connectivity index (χ1) is 36.9. The predicted molar refractivity (Wildman–Crippen MR) is 345 cm³/mol. The molecule has 0 aromatic carbocycles. The molecule has 0 bridgehead atoms. The van der Waals surface area contributed by atoms with Gasteiger partial charge in [0.2, 0.25) is 0 Å². The molecule has 0 amide bonds. The van der Waals surface area contributed by atoms with Gasteiger partial charge in [0.05, 0.1) is 0 Å². The molecular weight excluding hydrogens is 911 g/mol. The summed E-state index contributed by atoms with van der Waals surface area (Å²) in [6.45, 7) is 20.2. The molecule has 2 saturated heterocycles. The Morgan fingerprint density at radius 3 is 0.867 bits per heavy atom. The number of nitrogens with two attached hydrogens (primary N) is 1. The average molecular weight is 1060 g/mol. The van der Waals surface area contributed by atoms with Crippen LogP contribution in [0.5, 0.6) is 0 Å². The Morgan fingerprint density at radius 2 is 0.573 bits per heavy atom. The van der Waals surface area contributed by atoms with E-state index in [9.17, 15) is 0 Å². The highest BCUT2D eigenvalue weighted by Gasteiger charge is 2.05. The molecular formula is C70H149N5. The van der Waals surface area contributed by atoms with Crippen LogP contribution >= 0.6 is 0 Å². The molecule has 2 rings (SSSR count). The van der Waals surface area contributed by atoms with E-state index in [4.69, 9.17) is 5.73 Å². The molecule has 1 atom stereocenters. The van der Waals surface area contributed by atoms with E-state index in [0.29, 0.717) is 0 Å². The van der Waals surface area contributed by atoms with E-state index in [2.05, 4.69) is 68.9 Å². The van der Waals surface area contributed by atoms with E-state index in [1.807, 2.05) is 0 Å². The smallest absolute Gasteiger partial charge is 0.0104 e. The highest BCUT2D eigenvalue weighted by molar-refractivity contribution is 4.63. The van der Waals surface area contributed by atoms with Crippen molar-refractivity contribution in [3.05, 3.63) is 0 Å². The third kappa shape index (κ3) is 71.8. The maximum atomic E-state index is 5.42. The lowest BCUT2D eigenvalue weighted by molar-refractivity contribution is 0.291. The first-order valence-corrected chi connectivity index (χ1v) is 35.4. The third-order valence-corrected chi connectivity index (χ3v) is 16.9. The molecule has 5 heteroatoms. The number of nitrogens with zero attached hydrogens (tertiary/aromatic N) is 3. The van der Waals surface area contributed by atoms with Gasteiger partial charge in [-0.15, -0.1) is 0 Å². The molecule has 75 heavy (non-hydrogen) atoms. The van der Waals surface area contributed by atoms with Gasteiger partial charge in [-0.05, 0) is 91.9 Å². The van der Waals surface area contributed by atoms with Crippen LogP contribution in [0.15, 0.2) is 0 Å². The van der Waals surface area contributed by atoms with E-state index < -0.39 is 0 Å². The summed E-state index contributed by atoms with van der Waals surface area (Å²) in [4.78, 5) is 7.47. The van der Waals surface area contributed by atoms with Crippen molar-refractivity contribution in [3.8, 4) is 0 Å². The Labute approximate surface area is 477 Å². The standard InChI is InChI=1S/C30H63N.C23H47N.C12H27N.C5H12N2/c1-5-7-9-10-11-12-14-17-20-24-28-31(4)29-25-21-18-15-13-16-19-23-27-30(3)26-22-8-6-2;1-24-22-20-18-16-14-12-10-8-6-4-2-3-5-7-9-11-13-15-17-19-21-23-24;1-2-3-4-5-6-7-8-9-10-11-12-13;1-7-4-2-6-3-5-7/h30H,5-29H2,1-4H3;2-23H2,1H3;2-13H2,1H3;6H,2-5H2,1H3. The van der Waals surface area contributed by atoms with E-state index in [1.54, 1.807) is 0 Å². The summed E-state index contributed by atoms with van der Waals surface area (Å²) in [5.74, 6) is 0.962. The number of unbranched alkanes of at least 4 members (excludes halogenated alkanes) is 27. The Kier molecular flexibility index (Phi) is 71.6. The first-order valence-electron chi connectivity index (χ1n) is 35.4. The lowest BCUT2D eigenvalue weighted by Gasteiger charge is -2.21. The van der Waals surface area contributed by atoms with Gasteiger partial charge in [-0.25, -0.2) is 0 Å². The summed E-state index contributed by atoms with van der Waals surface area (Å²) < 4.78 is 0. The second kappa shape index (κ2) is 69.9. The summed E-state index contributed by atoms with van der Waals surface area (Å²) in [6.07, 6.45) is 76.7. The Balaban J connectivity index is 0. The zero-order valence-electron chi connectivity index (χ0n) is 53.8. The van der Waals surface area contributed by atoms with Crippen LogP contribution in [0.2, 0.25) is 0 Å². The minimum absolute atomic E-state index is 0.872. The van der Waals surface area contributed by atoms with Gasteiger partial charge in [0.1, 0.15) is 0 Å². The quantitative estimate of drug-likeness (QED) is 0.0613. The highest BCUT2D eigenvalue weighted by atomic mass is 15.2. The lowest BCUT2D eigenvalue weighted by Crippen LogP contribution is -2.40. The van der Waals surface area contributed by atoms with Crippen molar-refractivity contribution in [2.24, 2.45) is 11.7 Å². The molecule has 2 heterocycles. The van der Waals surface area contributed by atoms with Gasteiger partial charge >= 0.3 is 0 Å². The van der Waals surface area contributed by atoms with Gasteiger partial charge in [-0.1, -0.05) is 336 Å². The van der Waals surface area contributed by atoms with Gasteiger partial charge in [0.25, 0.3) is 0 Å². The van der Waals surface area contributed by atoms with E-state index in [0.717, 1.165) is 25.6 Å². The molecule has 0 spiro atoms. The summed E-state index contributed by atoms with van der Waals surface area (Å²) in [5.41, 5.74) is 5.42. The molecule has 0 aromatic rings. The SMILES string of the molecule is CCCCCCCCCCCCN.CCCCCCCCCCCCN(C)CCCCCCCCCCC(C)CCCCC.CN1CCCCCCCCCCCCCCCCCCCCCC1.CN1CCNCC1. The zero-order valence-corrected chi connectivity index (χ0v) is 53.8. The van der Waals surface area contributed by atoms with Gasteiger partial charge < -0.3 is 25.8 Å². The lowest BCUT2D eigenvalue weighted by atomic mass is 9.96. The van der Waals surface area contributed by atoms with Crippen molar-refractivity contribution in [2.45, 2.75) is 368 Å². The molecule has 5 nitrogen and oxygen atoms in total. The van der Waals surface area contributed by atoms with Crippen molar-refractivity contribution in [3.63, 3.8) is 0 Å². The van der Waals surface area contributed by atoms with Crippen LogP contribution < -0.4 is 11.1 Å². The second-order valence-electron chi connectivity index (χ2n) is 25.1. The van der Waals surface area contributed by atoms with Crippen molar-refractivity contribution >= 4 is 0 Å². The van der Waals surface area contributed by atoms with E-state index >= 15 is 0 Å². The maximum Gasteiger partial charge on any atom is 0.0104 e. The van der Waals surface area contributed by atoms with Crippen LogP contribution in [0, 0.1) is 5.92 Å². The molecule has 0 aliphatic carbocycles. The monoisotopic (exact) mass is 1060 g/mol. The fourth-order valence-corrected chi connectivity index (χ4v) is 11.3. The number of likely N-dealkylation sites (N-methyl/N-ethyl adjacent to an activating group) is 1. The number of rotatable bonds is 36. The normalized spacial score (nSPS) is 17.2. The van der Waals surface area contributed by atoms with E-state index in [-0.39, 0.29) is 0 Å². The summed E-state index contributed by atoms with van der Waals surface area (Å²) >= 11 is 0. The van der Waals surface area contributed by atoms with Crippen molar-refractivity contribution in [1.82, 2.24) is 20.0 Å². The van der Waals surface area contributed by atoms with Gasteiger partial charge in [-0.3, -0.25) is 0 Å². The van der Waals surface area contributed by atoms with Crippen molar-refractivity contribution < 1.29 is 0 Å². The van der Waals surface area contributed by atoms with Gasteiger partial charge in [0.15, 0.2) is 0 Å². The summed E-state index contributed by atoms with van der Waals surface area (Å²) in [6, 6.07) is 0. The molecule has 2 aliphatic heterocycles. The minimum atomic E-state index is 0.872. The maximum absolute atomic E-state index is 5.42. The van der Waals surface area contributed by atoms with Gasteiger partial charge in [0, 0.05) is 26.2 Å². The first kappa shape index (κ1) is 76.9. The Bertz CT molecular complexity index is 921. The van der Waals surface area contributed by atoms with Gasteiger partial charge in [-0.2, -0.15) is 0 Å². The van der Waals surface area contributed by atoms with Crippen molar-refractivity contribution in [1.29, 1.82) is 0 Å². The molecule has 0 radical (unpaired) electrons. The Morgan fingerprint density at radius 1 is 0.333 bits per heavy atom. The number of hydrogen-bond donors (Lipinski definition) is 2. The average Bonchev–Trinajstić information content (AvgIpc) is 3.41. The molecule has 1 unspecified atom stereocenters. The number of nitrogens with one attached hydrogen (secondary N) is 1. The molecule has 2 aliphatic rings. The summed E-state index contributed by atoms with van der Waals surface area (Å²) in [7, 11) is 6.80. The molecule has 2 fully saturated rings. The zero-order chi connectivity index (χ0) is 54.9. The van der Waals surface area contributed by atoms with Crippen LogP contribution in [0.1, 0.15) is 368 Å². The van der Waals surface area contributed by atoms with Crippen LogP contribution in [-0.4, -0.2) is 94.7 Å². The predicted octanol–water partition coefficient (Wildman–Crippen LogP) is 21.7. The van der Waals surface area contributed by atoms with Crippen LogP contribution in [0.3, 0.4) is 0 Å². The Hall–Kier alpha value is -0.200. The highest BCUT2D eigenvalue weighted by Crippen LogP contribution is 2.19. The second-order valence-corrected chi connectivity index (χ2v) is 25.1. The topological polar surface area (TPSA) is 47.8 Å². The minimum Gasteiger partial charge on any atom is -0.330 e. The number of piperazine rings is 1. The largest absolute Gasteiger partial charge is 0.330 e. The molecule has 0 saturated carbocycles. The molecule has 0 aromatic heterocycles.